The molecule has 2 rings (SSSR count). The number of hydrogen-bond acceptors (Lipinski definition) is 3. The van der Waals surface area contributed by atoms with E-state index in [9.17, 15) is 8.42 Å². The smallest absolute Gasteiger partial charge is 0.280 e. The van der Waals surface area contributed by atoms with Gasteiger partial charge in [0, 0.05) is 30.7 Å². The van der Waals surface area contributed by atoms with E-state index in [-0.39, 0.29) is 5.54 Å². The van der Waals surface area contributed by atoms with Crippen molar-refractivity contribution in [1.82, 2.24) is 14.3 Å². The number of nitrogens with zero attached hydrogens (tertiary/aromatic N) is 1. The zero-order valence-electron chi connectivity index (χ0n) is 12.3. The summed E-state index contributed by atoms with van der Waals surface area (Å²) in [6, 6.07) is 0. The Labute approximate surface area is 117 Å². The van der Waals surface area contributed by atoms with Crippen molar-refractivity contribution in [3.8, 4) is 0 Å². The first kappa shape index (κ1) is 15.2. The minimum Gasteiger partial charge on any atom is -0.314 e. The third-order valence-electron chi connectivity index (χ3n) is 3.98. The number of piperazine rings is 1. The van der Waals surface area contributed by atoms with Gasteiger partial charge in [-0.15, -0.1) is 0 Å². The van der Waals surface area contributed by atoms with Crippen LogP contribution in [-0.2, 0) is 10.2 Å². The molecular weight excluding hydrogens is 262 g/mol. The normalized spacial score (nSPS) is 25.6. The van der Waals surface area contributed by atoms with Crippen LogP contribution in [-0.4, -0.2) is 43.4 Å². The fraction of sp³-hybridized carbons (Fsp3) is 1.00. The molecule has 0 aromatic heterocycles. The molecule has 1 saturated heterocycles. The van der Waals surface area contributed by atoms with E-state index >= 15 is 0 Å². The molecule has 1 aliphatic carbocycles. The van der Waals surface area contributed by atoms with Crippen LogP contribution in [0.15, 0.2) is 0 Å². The molecule has 0 amide bonds. The van der Waals surface area contributed by atoms with Crippen molar-refractivity contribution in [1.29, 1.82) is 0 Å². The summed E-state index contributed by atoms with van der Waals surface area (Å²) in [5.74, 6) is 0. The third-order valence-corrected chi connectivity index (χ3v) is 6.00. The Morgan fingerprint density at radius 2 is 1.79 bits per heavy atom. The van der Waals surface area contributed by atoms with Gasteiger partial charge >= 0.3 is 0 Å². The Morgan fingerprint density at radius 3 is 2.37 bits per heavy atom. The minimum atomic E-state index is -3.41. The SMILES string of the molecule is CC(C)(C)NS(=O)(=O)N1CCNCC12CCCCC2. The lowest BCUT2D eigenvalue weighted by Crippen LogP contribution is -2.66. The summed E-state index contributed by atoms with van der Waals surface area (Å²) in [4.78, 5) is 0. The van der Waals surface area contributed by atoms with Gasteiger partial charge in [-0.3, -0.25) is 0 Å². The summed E-state index contributed by atoms with van der Waals surface area (Å²) in [6.45, 7) is 7.77. The molecule has 2 aliphatic rings. The van der Waals surface area contributed by atoms with Crippen molar-refractivity contribution in [2.45, 2.75) is 64.0 Å². The highest BCUT2D eigenvalue weighted by atomic mass is 32.2. The lowest BCUT2D eigenvalue weighted by molar-refractivity contribution is 0.0986. The van der Waals surface area contributed by atoms with Crippen LogP contribution in [0, 0.1) is 0 Å². The highest BCUT2D eigenvalue weighted by Gasteiger charge is 2.46. The molecule has 1 saturated carbocycles. The fourth-order valence-electron chi connectivity index (χ4n) is 3.28. The first-order valence-electron chi connectivity index (χ1n) is 7.28. The largest absolute Gasteiger partial charge is 0.314 e. The zero-order chi connectivity index (χ0) is 14.1. The van der Waals surface area contributed by atoms with Crippen LogP contribution in [0.1, 0.15) is 52.9 Å². The van der Waals surface area contributed by atoms with Crippen molar-refractivity contribution in [2.75, 3.05) is 19.6 Å². The number of hydrogen-bond donors (Lipinski definition) is 2. The van der Waals surface area contributed by atoms with Crippen molar-refractivity contribution >= 4 is 10.2 Å². The second kappa shape index (κ2) is 5.31. The van der Waals surface area contributed by atoms with Crippen LogP contribution < -0.4 is 10.0 Å². The van der Waals surface area contributed by atoms with E-state index in [0.29, 0.717) is 6.54 Å². The predicted molar refractivity (Wildman–Crippen MR) is 77.2 cm³/mol. The van der Waals surface area contributed by atoms with E-state index in [2.05, 4.69) is 10.0 Å². The van der Waals surface area contributed by atoms with Crippen LogP contribution in [0.4, 0.5) is 0 Å². The molecule has 1 spiro atoms. The Bertz CT molecular complexity index is 400. The highest BCUT2D eigenvalue weighted by Crippen LogP contribution is 2.36. The molecule has 2 fully saturated rings. The van der Waals surface area contributed by atoms with Crippen molar-refractivity contribution in [3.63, 3.8) is 0 Å². The van der Waals surface area contributed by atoms with Gasteiger partial charge in [-0.2, -0.15) is 17.4 Å². The van der Waals surface area contributed by atoms with Crippen LogP contribution >= 0.6 is 0 Å². The van der Waals surface area contributed by atoms with Crippen LogP contribution in [0.2, 0.25) is 0 Å². The topological polar surface area (TPSA) is 61.4 Å². The molecule has 0 unspecified atom stereocenters. The van der Waals surface area contributed by atoms with Gasteiger partial charge in [-0.05, 0) is 33.6 Å². The first-order chi connectivity index (χ1) is 8.75. The summed E-state index contributed by atoms with van der Waals surface area (Å²) in [6.07, 6.45) is 5.44. The predicted octanol–water partition coefficient (Wildman–Crippen LogP) is 1.23. The van der Waals surface area contributed by atoms with Crippen LogP contribution in [0.25, 0.3) is 0 Å². The quantitative estimate of drug-likeness (QED) is 0.804. The Kier molecular flexibility index (Phi) is 4.26. The van der Waals surface area contributed by atoms with E-state index < -0.39 is 15.7 Å². The molecule has 2 N–H and O–H groups in total. The molecule has 0 bridgehead atoms. The monoisotopic (exact) mass is 289 g/mol. The maximum atomic E-state index is 12.7. The summed E-state index contributed by atoms with van der Waals surface area (Å²) in [5, 5.41) is 3.38. The number of rotatable bonds is 2. The lowest BCUT2D eigenvalue weighted by atomic mass is 9.80. The van der Waals surface area contributed by atoms with Gasteiger partial charge in [0.2, 0.25) is 0 Å². The summed E-state index contributed by atoms with van der Waals surface area (Å²) in [7, 11) is -3.41. The van der Waals surface area contributed by atoms with Crippen molar-refractivity contribution < 1.29 is 8.42 Å². The van der Waals surface area contributed by atoms with E-state index in [4.69, 9.17) is 0 Å². The first-order valence-corrected chi connectivity index (χ1v) is 8.72. The molecule has 0 atom stereocenters. The minimum absolute atomic E-state index is 0.201. The highest BCUT2D eigenvalue weighted by molar-refractivity contribution is 7.87. The Hall–Kier alpha value is -0.170. The van der Waals surface area contributed by atoms with Crippen molar-refractivity contribution in [3.05, 3.63) is 0 Å². The maximum Gasteiger partial charge on any atom is 0.280 e. The van der Waals surface area contributed by atoms with E-state index in [0.717, 1.165) is 38.8 Å². The van der Waals surface area contributed by atoms with Gasteiger partial charge in [0.1, 0.15) is 0 Å². The molecule has 0 radical (unpaired) electrons. The molecule has 0 aromatic rings. The maximum absolute atomic E-state index is 12.7. The zero-order valence-corrected chi connectivity index (χ0v) is 13.1. The van der Waals surface area contributed by atoms with Gasteiger partial charge in [0.15, 0.2) is 0 Å². The molecule has 5 nitrogen and oxygen atoms in total. The van der Waals surface area contributed by atoms with Crippen LogP contribution in [0.3, 0.4) is 0 Å². The third kappa shape index (κ3) is 3.48. The lowest BCUT2D eigenvalue weighted by Gasteiger charge is -2.49. The molecule has 112 valence electrons. The molecule has 6 heteroatoms. The molecule has 1 heterocycles. The van der Waals surface area contributed by atoms with Crippen molar-refractivity contribution in [2.24, 2.45) is 0 Å². The van der Waals surface area contributed by atoms with Crippen LogP contribution in [0.5, 0.6) is 0 Å². The standard InChI is InChI=1S/C13H27N3O2S/c1-12(2,3)15-19(17,18)16-10-9-14-11-13(16)7-5-4-6-8-13/h14-15H,4-11H2,1-3H3. The van der Waals surface area contributed by atoms with Gasteiger partial charge in [0.05, 0.1) is 0 Å². The Balaban J connectivity index is 2.24. The van der Waals surface area contributed by atoms with E-state index in [1.165, 1.54) is 6.42 Å². The average Bonchev–Trinajstić information content (AvgIpc) is 2.27. The fourth-order valence-corrected chi connectivity index (χ4v) is 5.25. The summed E-state index contributed by atoms with van der Waals surface area (Å²) < 4.78 is 29.9. The van der Waals surface area contributed by atoms with E-state index in [1.807, 2.05) is 20.8 Å². The van der Waals surface area contributed by atoms with Gasteiger partial charge in [-0.25, -0.2) is 0 Å². The van der Waals surface area contributed by atoms with Gasteiger partial charge in [-0.1, -0.05) is 19.3 Å². The Morgan fingerprint density at radius 1 is 1.16 bits per heavy atom. The molecular formula is C13H27N3O2S. The van der Waals surface area contributed by atoms with E-state index in [1.54, 1.807) is 4.31 Å². The van der Waals surface area contributed by atoms with Gasteiger partial charge < -0.3 is 5.32 Å². The second-order valence-corrected chi connectivity index (χ2v) is 8.49. The molecule has 1 aliphatic heterocycles. The molecule has 19 heavy (non-hydrogen) atoms. The number of nitrogens with one attached hydrogen (secondary N) is 2. The van der Waals surface area contributed by atoms with Gasteiger partial charge in [0.25, 0.3) is 10.2 Å². The molecule has 0 aromatic carbocycles. The average molecular weight is 289 g/mol. The second-order valence-electron chi connectivity index (χ2n) is 6.89. The summed E-state index contributed by atoms with van der Waals surface area (Å²) >= 11 is 0. The summed E-state index contributed by atoms with van der Waals surface area (Å²) in [5.41, 5.74) is -0.632.